The highest BCUT2D eigenvalue weighted by Gasteiger charge is 2.25. The smallest absolute Gasteiger partial charge is 0.170 e. The number of ether oxygens (including phenoxy) is 1. The molecule has 20 heavy (non-hydrogen) atoms. The number of nitrogens with one attached hydrogen (secondary N) is 1. The third kappa shape index (κ3) is 2.30. The van der Waals surface area contributed by atoms with Gasteiger partial charge in [-0.25, -0.2) is 9.82 Å². The molecular weight excluding hydrogens is 259 g/mol. The lowest BCUT2D eigenvalue weighted by molar-refractivity contribution is 0.381. The highest BCUT2D eigenvalue weighted by Crippen LogP contribution is 2.34. The molecule has 1 heterocycles. The molecule has 0 amide bonds. The van der Waals surface area contributed by atoms with E-state index < -0.39 is 11.9 Å². The summed E-state index contributed by atoms with van der Waals surface area (Å²) >= 11 is 0. The van der Waals surface area contributed by atoms with Gasteiger partial charge in [-0.15, -0.1) is 0 Å². The minimum Gasteiger partial charge on any atom is -0.494 e. The first kappa shape index (κ1) is 14.6. The van der Waals surface area contributed by atoms with E-state index in [0.717, 1.165) is 22.6 Å². The van der Waals surface area contributed by atoms with Crippen molar-refractivity contribution in [3.8, 4) is 5.75 Å². The summed E-state index contributed by atoms with van der Waals surface area (Å²) in [5.74, 6) is 6.95. The molecule has 3 N–H and O–H groups in total. The van der Waals surface area contributed by atoms with Crippen molar-refractivity contribution in [1.82, 2.24) is 5.43 Å². The molecule has 108 valence electrons. The summed E-state index contributed by atoms with van der Waals surface area (Å²) in [6.45, 7) is 5.66. The molecule has 0 spiro atoms. The number of hydrogen-bond donors (Lipinski definition) is 2. The molecule has 0 radical (unpaired) electrons. The average molecular weight is 278 g/mol. The number of methoxy groups -OCH3 is 1. The predicted octanol–water partition coefficient (Wildman–Crippen LogP) is 2.91. The van der Waals surface area contributed by atoms with E-state index in [1.807, 2.05) is 20.8 Å². The van der Waals surface area contributed by atoms with Crippen LogP contribution in [0.2, 0.25) is 0 Å². The maximum Gasteiger partial charge on any atom is 0.170 e. The maximum atomic E-state index is 14.4. The second-order valence-electron chi connectivity index (χ2n) is 4.72. The number of benzene rings is 1. The average Bonchev–Trinajstić information content (AvgIpc) is 2.68. The molecule has 1 unspecified atom stereocenters. The molecule has 0 saturated heterocycles. The lowest BCUT2D eigenvalue weighted by Crippen LogP contribution is -2.30. The molecule has 2 rings (SSSR count). The van der Waals surface area contributed by atoms with Crippen molar-refractivity contribution in [3.05, 3.63) is 52.2 Å². The van der Waals surface area contributed by atoms with E-state index >= 15 is 0 Å². The van der Waals surface area contributed by atoms with Gasteiger partial charge in [-0.2, -0.15) is 0 Å². The first-order valence-electron chi connectivity index (χ1n) is 6.36. The number of aryl methyl sites for hydroxylation is 2. The Hall–Kier alpha value is -1.85. The first-order valence-corrected chi connectivity index (χ1v) is 6.36. The van der Waals surface area contributed by atoms with Crippen LogP contribution < -0.4 is 16.0 Å². The molecule has 0 fully saturated rings. The molecule has 0 aliphatic heterocycles. The van der Waals surface area contributed by atoms with Gasteiger partial charge in [0, 0.05) is 11.1 Å². The van der Waals surface area contributed by atoms with Crippen molar-refractivity contribution in [2.75, 3.05) is 7.11 Å². The fourth-order valence-electron chi connectivity index (χ4n) is 2.47. The van der Waals surface area contributed by atoms with E-state index in [1.54, 1.807) is 18.2 Å². The number of hydrazine groups is 1. The maximum absolute atomic E-state index is 14.4. The first-order chi connectivity index (χ1) is 9.51. The summed E-state index contributed by atoms with van der Waals surface area (Å²) in [6.07, 6.45) is 0. The van der Waals surface area contributed by atoms with Gasteiger partial charge in [0.2, 0.25) is 0 Å². The summed E-state index contributed by atoms with van der Waals surface area (Å²) in [7, 11) is 1.44. The zero-order valence-corrected chi connectivity index (χ0v) is 12.1. The Morgan fingerprint density at radius 3 is 2.45 bits per heavy atom. The molecular formula is C15H19FN2O2. The van der Waals surface area contributed by atoms with Gasteiger partial charge < -0.3 is 9.15 Å². The Bertz CT molecular complexity index is 623. The van der Waals surface area contributed by atoms with Gasteiger partial charge in [0.1, 0.15) is 11.5 Å². The number of nitrogens with two attached hydrogens (primary N) is 1. The summed E-state index contributed by atoms with van der Waals surface area (Å²) in [5, 5.41) is 0. The van der Waals surface area contributed by atoms with Crippen LogP contribution in [-0.2, 0) is 0 Å². The number of rotatable bonds is 4. The molecule has 0 aliphatic carbocycles. The normalized spacial score (nSPS) is 12.5. The van der Waals surface area contributed by atoms with Crippen molar-refractivity contribution < 1.29 is 13.5 Å². The largest absolute Gasteiger partial charge is 0.494 e. The fourth-order valence-corrected chi connectivity index (χ4v) is 2.47. The second kappa shape index (κ2) is 5.64. The van der Waals surface area contributed by atoms with Gasteiger partial charge >= 0.3 is 0 Å². The van der Waals surface area contributed by atoms with E-state index in [0.29, 0.717) is 5.56 Å². The lowest BCUT2D eigenvalue weighted by atomic mass is 9.95. The van der Waals surface area contributed by atoms with Crippen LogP contribution in [0.15, 0.2) is 22.6 Å². The zero-order chi connectivity index (χ0) is 14.9. The molecule has 1 aromatic carbocycles. The molecule has 0 saturated carbocycles. The highest BCUT2D eigenvalue weighted by atomic mass is 19.1. The van der Waals surface area contributed by atoms with Crippen LogP contribution in [0.4, 0.5) is 4.39 Å². The quantitative estimate of drug-likeness (QED) is 0.667. The number of furan rings is 1. The Morgan fingerprint density at radius 1 is 1.25 bits per heavy atom. The van der Waals surface area contributed by atoms with Crippen molar-refractivity contribution in [2.24, 2.45) is 5.84 Å². The topological polar surface area (TPSA) is 60.4 Å². The number of halogens is 1. The Morgan fingerprint density at radius 2 is 1.95 bits per heavy atom. The van der Waals surface area contributed by atoms with Gasteiger partial charge in [-0.05, 0) is 32.4 Å². The van der Waals surface area contributed by atoms with Crippen LogP contribution in [0.1, 0.15) is 34.3 Å². The van der Waals surface area contributed by atoms with Crippen molar-refractivity contribution in [1.29, 1.82) is 0 Å². The van der Waals surface area contributed by atoms with E-state index in [-0.39, 0.29) is 5.75 Å². The Balaban J connectivity index is 2.58. The van der Waals surface area contributed by atoms with Crippen LogP contribution in [0, 0.1) is 26.6 Å². The second-order valence-corrected chi connectivity index (χ2v) is 4.72. The molecule has 1 atom stereocenters. The van der Waals surface area contributed by atoms with Crippen molar-refractivity contribution >= 4 is 0 Å². The molecule has 5 heteroatoms. The van der Waals surface area contributed by atoms with Gasteiger partial charge in [0.05, 0.1) is 13.2 Å². The van der Waals surface area contributed by atoms with Crippen molar-refractivity contribution in [2.45, 2.75) is 26.8 Å². The highest BCUT2D eigenvalue weighted by molar-refractivity contribution is 5.43. The minimum absolute atomic E-state index is 0.193. The van der Waals surface area contributed by atoms with E-state index in [1.165, 1.54) is 7.11 Å². The summed E-state index contributed by atoms with van der Waals surface area (Å²) < 4.78 is 25.0. The standard InChI is InChI=1S/C15H19FN2O2/c1-8-9(2)20-10(3)13(8)15(18-17)11-6-5-7-12(19-4)14(11)16/h5-7,15,18H,17H2,1-4H3. The Labute approximate surface area is 117 Å². The Kier molecular flexibility index (Phi) is 4.11. The summed E-state index contributed by atoms with van der Waals surface area (Å²) in [5.41, 5.74) is 4.92. The SMILES string of the molecule is COc1cccc(C(NN)c2c(C)oc(C)c2C)c1F. The monoisotopic (exact) mass is 278 g/mol. The molecule has 0 aliphatic rings. The predicted molar refractivity (Wildman–Crippen MR) is 75.0 cm³/mol. The van der Waals surface area contributed by atoms with Crippen LogP contribution >= 0.6 is 0 Å². The molecule has 4 nitrogen and oxygen atoms in total. The van der Waals surface area contributed by atoms with Crippen LogP contribution in [0.3, 0.4) is 0 Å². The van der Waals surface area contributed by atoms with Crippen molar-refractivity contribution in [3.63, 3.8) is 0 Å². The summed E-state index contributed by atoms with van der Waals surface area (Å²) in [4.78, 5) is 0. The molecule has 1 aromatic heterocycles. The molecule has 2 aromatic rings. The van der Waals surface area contributed by atoms with Gasteiger partial charge in [-0.1, -0.05) is 12.1 Å². The molecule has 0 bridgehead atoms. The van der Waals surface area contributed by atoms with Gasteiger partial charge in [-0.3, -0.25) is 5.84 Å². The van der Waals surface area contributed by atoms with E-state index in [2.05, 4.69) is 5.43 Å². The third-order valence-electron chi connectivity index (χ3n) is 3.60. The minimum atomic E-state index is -0.484. The van der Waals surface area contributed by atoms with Crippen LogP contribution in [0.5, 0.6) is 5.75 Å². The van der Waals surface area contributed by atoms with Gasteiger partial charge in [0.15, 0.2) is 11.6 Å². The lowest BCUT2D eigenvalue weighted by Gasteiger charge is -2.19. The zero-order valence-electron chi connectivity index (χ0n) is 12.1. The fraction of sp³-hybridized carbons (Fsp3) is 0.333. The van der Waals surface area contributed by atoms with E-state index in [9.17, 15) is 4.39 Å². The number of hydrogen-bond acceptors (Lipinski definition) is 4. The van der Waals surface area contributed by atoms with Crippen LogP contribution in [-0.4, -0.2) is 7.11 Å². The van der Waals surface area contributed by atoms with E-state index in [4.69, 9.17) is 15.0 Å². The third-order valence-corrected chi connectivity index (χ3v) is 3.60. The summed E-state index contributed by atoms with van der Waals surface area (Å²) in [6, 6.07) is 4.51. The van der Waals surface area contributed by atoms with Crippen LogP contribution in [0.25, 0.3) is 0 Å². The van der Waals surface area contributed by atoms with Gasteiger partial charge in [0.25, 0.3) is 0 Å².